The van der Waals surface area contributed by atoms with Crippen LogP contribution in [0.1, 0.15) is 94.3 Å². The molecule has 1 N–H and O–H groups in total. The highest BCUT2D eigenvalue weighted by Crippen LogP contribution is 2.40. The van der Waals surface area contributed by atoms with Crippen molar-refractivity contribution in [3.05, 3.63) is 17.5 Å². The lowest BCUT2D eigenvalue weighted by atomic mass is 9.89. The molecule has 0 bridgehead atoms. The van der Waals surface area contributed by atoms with Crippen molar-refractivity contribution in [1.29, 1.82) is 0 Å². The van der Waals surface area contributed by atoms with Crippen LogP contribution in [-0.2, 0) is 4.79 Å². The fourth-order valence-electron chi connectivity index (χ4n) is 3.95. The van der Waals surface area contributed by atoms with E-state index in [9.17, 15) is 9.59 Å². The van der Waals surface area contributed by atoms with Gasteiger partial charge in [-0.1, -0.05) is 25.9 Å². The first kappa shape index (κ1) is 19.9. The Morgan fingerprint density at radius 2 is 1.93 bits per heavy atom. The SMILES string of the molecule is CCCC(=O)NC1CCC(N(CC(C)C)C(=O)c2cc(C3CC3)on2)CC1. The summed E-state index contributed by atoms with van der Waals surface area (Å²) in [6.07, 6.45) is 7.42. The molecule has 0 unspecified atom stereocenters. The van der Waals surface area contributed by atoms with Gasteiger partial charge in [0.05, 0.1) is 0 Å². The van der Waals surface area contributed by atoms with Crippen LogP contribution in [0, 0.1) is 5.92 Å². The number of rotatable bonds is 8. The third kappa shape index (κ3) is 5.33. The zero-order chi connectivity index (χ0) is 19.4. The van der Waals surface area contributed by atoms with Crippen LogP contribution >= 0.6 is 0 Å². The molecule has 0 aromatic carbocycles. The maximum absolute atomic E-state index is 13.1. The van der Waals surface area contributed by atoms with Gasteiger partial charge in [0, 0.05) is 37.0 Å². The maximum Gasteiger partial charge on any atom is 0.276 e. The van der Waals surface area contributed by atoms with Gasteiger partial charge in [0.25, 0.3) is 5.91 Å². The Kier molecular flexibility index (Phi) is 6.55. The molecule has 0 spiro atoms. The van der Waals surface area contributed by atoms with E-state index < -0.39 is 0 Å². The van der Waals surface area contributed by atoms with Crippen molar-refractivity contribution in [3.63, 3.8) is 0 Å². The molecule has 2 amide bonds. The van der Waals surface area contributed by atoms with Gasteiger partial charge in [0.1, 0.15) is 5.76 Å². The third-order valence-electron chi connectivity index (χ3n) is 5.53. The van der Waals surface area contributed by atoms with Gasteiger partial charge in [-0.3, -0.25) is 9.59 Å². The number of carbonyl (C=O) groups is 2. The fourth-order valence-corrected chi connectivity index (χ4v) is 3.95. The van der Waals surface area contributed by atoms with Crippen molar-refractivity contribution in [2.24, 2.45) is 5.92 Å². The van der Waals surface area contributed by atoms with Crippen molar-refractivity contribution in [3.8, 4) is 0 Å². The zero-order valence-electron chi connectivity index (χ0n) is 16.9. The molecule has 1 aromatic heterocycles. The highest BCUT2D eigenvalue weighted by molar-refractivity contribution is 5.92. The van der Waals surface area contributed by atoms with E-state index in [4.69, 9.17) is 4.52 Å². The predicted molar refractivity (Wildman–Crippen MR) is 103 cm³/mol. The summed E-state index contributed by atoms with van der Waals surface area (Å²) >= 11 is 0. The first-order valence-electron chi connectivity index (χ1n) is 10.5. The monoisotopic (exact) mass is 375 g/mol. The molecule has 1 aromatic rings. The molecule has 2 aliphatic rings. The summed E-state index contributed by atoms with van der Waals surface area (Å²) in [4.78, 5) is 26.9. The van der Waals surface area contributed by atoms with Crippen molar-refractivity contribution < 1.29 is 14.1 Å². The standard InChI is InChI=1S/C21H33N3O3/c1-4-5-20(25)22-16-8-10-17(11-9-16)24(13-14(2)3)21(26)18-12-19(27-23-18)15-6-7-15/h12,14-17H,4-11,13H2,1-3H3,(H,22,25). The molecule has 2 aliphatic carbocycles. The highest BCUT2D eigenvalue weighted by Gasteiger charge is 2.33. The summed E-state index contributed by atoms with van der Waals surface area (Å²) in [5, 5.41) is 7.19. The molecule has 0 radical (unpaired) electrons. The number of aromatic nitrogens is 1. The molecule has 6 nitrogen and oxygen atoms in total. The van der Waals surface area contributed by atoms with E-state index in [1.54, 1.807) is 0 Å². The van der Waals surface area contributed by atoms with E-state index in [0.29, 0.717) is 24.0 Å². The Morgan fingerprint density at radius 3 is 2.52 bits per heavy atom. The number of nitrogens with one attached hydrogen (secondary N) is 1. The fraction of sp³-hybridized carbons (Fsp3) is 0.762. The smallest absolute Gasteiger partial charge is 0.276 e. The molecule has 150 valence electrons. The van der Waals surface area contributed by atoms with Gasteiger partial charge in [0.2, 0.25) is 5.91 Å². The van der Waals surface area contributed by atoms with Gasteiger partial charge >= 0.3 is 0 Å². The lowest BCUT2D eigenvalue weighted by Crippen LogP contribution is -2.47. The van der Waals surface area contributed by atoms with Crippen LogP contribution in [0.4, 0.5) is 0 Å². The molecule has 0 saturated heterocycles. The minimum absolute atomic E-state index is 0.0159. The summed E-state index contributed by atoms with van der Waals surface area (Å²) in [5.74, 6) is 1.83. The summed E-state index contributed by atoms with van der Waals surface area (Å²) in [5.41, 5.74) is 0.441. The number of hydrogen-bond donors (Lipinski definition) is 1. The largest absolute Gasteiger partial charge is 0.360 e. The quantitative estimate of drug-likeness (QED) is 0.748. The molecule has 2 saturated carbocycles. The van der Waals surface area contributed by atoms with E-state index >= 15 is 0 Å². The molecule has 0 atom stereocenters. The third-order valence-corrected chi connectivity index (χ3v) is 5.53. The summed E-state index contributed by atoms with van der Waals surface area (Å²) in [6.45, 7) is 7.01. The Labute approximate surface area is 162 Å². The molecule has 3 rings (SSSR count). The summed E-state index contributed by atoms with van der Waals surface area (Å²) in [6, 6.07) is 2.29. The predicted octanol–water partition coefficient (Wildman–Crippen LogP) is 3.88. The average Bonchev–Trinajstić information content (AvgIpc) is 3.37. The number of carbonyl (C=O) groups excluding carboxylic acids is 2. The molecular formula is C21H33N3O3. The van der Waals surface area contributed by atoms with Gasteiger partial charge in [-0.05, 0) is 50.9 Å². The highest BCUT2D eigenvalue weighted by atomic mass is 16.5. The summed E-state index contributed by atoms with van der Waals surface area (Å²) < 4.78 is 5.39. The number of amides is 2. The van der Waals surface area contributed by atoms with Crippen molar-refractivity contribution in [1.82, 2.24) is 15.4 Å². The van der Waals surface area contributed by atoms with Crippen LogP contribution in [0.25, 0.3) is 0 Å². The normalized spacial score (nSPS) is 22.7. The Balaban J connectivity index is 1.61. The van der Waals surface area contributed by atoms with Crippen molar-refractivity contribution in [2.45, 2.75) is 90.1 Å². The average molecular weight is 376 g/mol. The number of hydrogen-bond acceptors (Lipinski definition) is 4. The first-order chi connectivity index (χ1) is 13.0. The second-order valence-electron chi connectivity index (χ2n) is 8.56. The van der Waals surface area contributed by atoms with Gasteiger partial charge in [-0.2, -0.15) is 0 Å². The molecule has 1 heterocycles. The molecule has 6 heteroatoms. The van der Waals surface area contributed by atoms with E-state index in [1.807, 2.05) is 17.9 Å². The zero-order valence-corrected chi connectivity index (χ0v) is 16.9. The van der Waals surface area contributed by atoms with Gasteiger partial charge in [-0.15, -0.1) is 0 Å². The molecule has 0 aliphatic heterocycles. The minimum Gasteiger partial charge on any atom is -0.360 e. The van der Waals surface area contributed by atoms with Gasteiger partial charge in [0.15, 0.2) is 5.69 Å². The Hall–Kier alpha value is -1.85. The number of nitrogens with zero attached hydrogens (tertiary/aromatic N) is 2. The van der Waals surface area contributed by atoms with Crippen molar-refractivity contribution in [2.75, 3.05) is 6.54 Å². The Morgan fingerprint density at radius 1 is 1.22 bits per heavy atom. The Bertz CT molecular complexity index is 643. The van der Waals surface area contributed by atoms with Crippen LogP contribution in [0.2, 0.25) is 0 Å². The molecule has 2 fully saturated rings. The van der Waals surface area contributed by atoms with Crippen molar-refractivity contribution >= 4 is 11.8 Å². The molecular weight excluding hydrogens is 342 g/mol. The van der Waals surface area contributed by atoms with Gasteiger partial charge in [-0.25, -0.2) is 0 Å². The van der Waals surface area contributed by atoms with E-state index in [0.717, 1.165) is 57.3 Å². The first-order valence-corrected chi connectivity index (χ1v) is 10.5. The van der Waals surface area contributed by atoms with Gasteiger partial charge < -0.3 is 14.7 Å². The van der Waals surface area contributed by atoms with Crippen LogP contribution in [0.15, 0.2) is 10.6 Å². The second-order valence-corrected chi connectivity index (χ2v) is 8.56. The van der Waals surface area contributed by atoms with E-state index in [2.05, 4.69) is 24.3 Å². The van der Waals surface area contributed by atoms with E-state index in [-0.39, 0.29) is 23.9 Å². The minimum atomic E-state index is -0.0159. The summed E-state index contributed by atoms with van der Waals surface area (Å²) in [7, 11) is 0. The second kappa shape index (κ2) is 8.89. The van der Waals surface area contributed by atoms with Crippen LogP contribution < -0.4 is 5.32 Å². The van der Waals surface area contributed by atoms with Crippen LogP contribution in [0.5, 0.6) is 0 Å². The van der Waals surface area contributed by atoms with E-state index in [1.165, 1.54) is 0 Å². The van der Waals surface area contributed by atoms with Crippen LogP contribution in [-0.4, -0.2) is 40.5 Å². The lowest BCUT2D eigenvalue weighted by molar-refractivity contribution is -0.122. The lowest BCUT2D eigenvalue weighted by Gasteiger charge is -2.37. The topological polar surface area (TPSA) is 75.4 Å². The maximum atomic E-state index is 13.1. The molecule has 27 heavy (non-hydrogen) atoms. The van der Waals surface area contributed by atoms with Crippen LogP contribution in [0.3, 0.4) is 0 Å².